The van der Waals surface area contributed by atoms with Gasteiger partial charge in [-0.25, -0.2) is 20.1 Å². The third kappa shape index (κ3) is 6.67. The molecule has 3 aromatic rings. The minimum atomic E-state index is -1.14. The van der Waals surface area contributed by atoms with Crippen LogP contribution >= 0.6 is 11.8 Å². The number of rotatable bonds is 9. The van der Waals surface area contributed by atoms with Crippen molar-refractivity contribution in [3.8, 4) is 0 Å². The molecule has 3 aromatic carbocycles. The summed E-state index contributed by atoms with van der Waals surface area (Å²) in [5, 5.41) is 14.0. The van der Waals surface area contributed by atoms with Gasteiger partial charge in [0.25, 0.3) is 5.91 Å². The van der Waals surface area contributed by atoms with Crippen LogP contribution in [0, 0.1) is 11.6 Å². The molecule has 0 saturated carbocycles. The topological polar surface area (TPSA) is 134 Å². The summed E-state index contributed by atoms with van der Waals surface area (Å²) in [4.78, 5) is 24.8. The lowest BCUT2D eigenvalue weighted by atomic mass is 10.1. The van der Waals surface area contributed by atoms with Crippen molar-refractivity contribution in [1.82, 2.24) is 15.8 Å². The molecule has 0 aliphatic heterocycles. The highest BCUT2D eigenvalue weighted by atomic mass is 32.2. The van der Waals surface area contributed by atoms with Crippen LogP contribution in [0.25, 0.3) is 10.8 Å². The minimum absolute atomic E-state index is 0.0688. The second-order valence-corrected chi connectivity index (χ2v) is 8.53. The van der Waals surface area contributed by atoms with Gasteiger partial charge in [0, 0.05) is 22.4 Å². The van der Waals surface area contributed by atoms with Crippen LogP contribution in [0.1, 0.15) is 16.8 Å². The summed E-state index contributed by atoms with van der Waals surface area (Å²) in [6.07, 6.45) is 1.18. The van der Waals surface area contributed by atoms with E-state index in [9.17, 15) is 18.4 Å². The van der Waals surface area contributed by atoms with Crippen LogP contribution in [-0.2, 0) is 4.79 Å². The number of nitrogens with zero attached hydrogens (tertiary/aromatic N) is 1. The number of nitrogens with two attached hydrogens (primary N) is 2. The Bertz CT molecular complexity index is 1220. The van der Waals surface area contributed by atoms with Crippen LogP contribution < -0.4 is 22.4 Å². The quantitative estimate of drug-likeness (QED) is 0.103. The van der Waals surface area contributed by atoms with E-state index in [2.05, 4.69) is 5.32 Å². The molecule has 8 nitrogen and oxygen atoms in total. The highest BCUT2D eigenvalue weighted by molar-refractivity contribution is 8.00. The van der Waals surface area contributed by atoms with E-state index in [0.717, 1.165) is 33.9 Å². The van der Waals surface area contributed by atoms with Crippen LogP contribution in [-0.4, -0.2) is 33.9 Å². The summed E-state index contributed by atoms with van der Waals surface area (Å²) in [6, 6.07) is 16.4. The number of hydrazine groups is 1. The summed E-state index contributed by atoms with van der Waals surface area (Å²) in [5.74, 6) is 2.63. The van der Waals surface area contributed by atoms with Gasteiger partial charge in [-0.15, -0.1) is 0 Å². The fourth-order valence-electron chi connectivity index (χ4n) is 3.05. The number of carbonyl (C=O) groups excluding carboxylic acids is 2. The number of halogens is 2. The largest absolute Gasteiger partial charge is 0.399 e. The van der Waals surface area contributed by atoms with E-state index in [4.69, 9.17) is 16.8 Å². The van der Waals surface area contributed by atoms with Gasteiger partial charge in [-0.1, -0.05) is 42.1 Å². The van der Waals surface area contributed by atoms with Crippen LogP contribution in [0.15, 0.2) is 77.5 Å². The Morgan fingerprint density at radius 3 is 2.50 bits per heavy atom. The third-order valence-corrected chi connectivity index (χ3v) is 5.97. The SMILES string of the molecule is N/C(=C\N(N)C(CC(=O)NO)Sc1ccc2ccccc2c1)CNC(=O)c1ccc(F)c(F)c1. The molecular formula is C23H23F2N5O3S. The molecule has 3 rings (SSSR count). The van der Waals surface area contributed by atoms with Gasteiger partial charge in [0.2, 0.25) is 5.91 Å². The second kappa shape index (κ2) is 11.5. The fraction of sp³-hybridized carbons (Fsp3) is 0.130. The smallest absolute Gasteiger partial charge is 0.251 e. The molecule has 0 aromatic heterocycles. The monoisotopic (exact) mass is 487 g/mol. The summed E-state index contributed by atoms with van der Waals surface area (Å²) in [7, 11) is 0. The van der Waals surface area contributed by atoms with Gasteiger partial charge in [0.1, 0.15) is 5.37 Å². The number of amides is 2. The lowest BCUT2D eigenvalue weighted by molar-refractivity contribution is -0.129. The number of nitrogens with one attached hydrogen (secondary N) is 2. The lowest BCUT2D eigenvalue weighted by Crippen LogP contribution is -2.39. The average Bonchev–Trinajstić information content (AvgIpc) is 2.83. The molecule has 0 heterocycles. The minimum Gasteiger partial charge on any atom is -0.399 e. The molecule has 2 amide bonds. The van der Waals surface area contributed by atoms with E-state index in [-0.39, 0.29) is 24.2 Å². The van der Waals surface area contributed by atoms with Gasteiger partial charge >= 0.3 is 0 Å². The Labute approximate surface area is 198 Å². The maximum Gasteiger partial charge on any atom is 0.251 e. The highest BCUT2D eigenvalue weighted by Gasteiger charge is 2.20. The summed E-state index contributed by atoms with van der Waals surface area (Å²) < 4.78 is 26.4. The van der Waals surface area contributed by atoms with Crippen molar-refractivity contribution < 1.29 is 23.6 Å². The fourth-order valence-corrected chi connectivity index (χ4v) is 4.13. The van der Waals surface area contributed by atoms with Crippen molar-refractivity contribution in [2.45, 2.75) is 16.7 Å². The van der Waals surface area contributed by atoms with Gasteiger partial charge in [0.15, 0.2) is 11.6 Å². The van der Waals surface area contributed by atoms with Crippen molar-refractivity contribution in [2.24, 2.45) is 11.6 Å². The van der Waals surface area contributed by atoms with Crippen molar-refractivity contribution in [3.63, 3.8) is 0 Å². The molecule has 1 atom stereocenters. The molecule has 0 bridgehead atoms. The summed E-state index contributed by atoms with van der Waals surface area (Å²) in [6.45, 7) is -0.134. The van der Waals surface area contributed by atoms with Crippen LogP contribution in [0.4, 0.5) is 8.78 Å². The van der Waals surface area contributed by atoms with Gasteiger partial charge in [0.05, 0.1) is 13.0 Å². The first-order chi connectivity index (χ1) is 16.3. The molecule has 0 aliphatic carbocycles. The molecule has 0 saturated heterocycles. The molecule has 0 radical (unpaired) electrons. The van der Waals surface area contributed by atoms with Crippen molar-refractivity contribution >= 4 is 34.3 Å². The Morgan fingerprint density at radius 1 is 1.06 bits per heavy atom. The van der Waals surface area contributed by atoms with Crippen molar-refractivity contribution in [2.75, 3.05) is 6.54 Å². The van der Waals surface area contributed by atoms with E-state index in [1.165, 1.54) is 23.0 Å². The van der Waals surface area contributed by atoms with Crippen molar-refractivity contribution in [1.29, 1.82) is 0 Å². The molecule has 11 heteroatoms. The summed E-state index contributed by atoms with van der Waals surface area (Å²) in [5.41, 5.74) is 7.62. The predicted molar refractivity (Wildman–Crippen MR) is 125 cm³/mol. The number of benzene rings is 3. The summed E-state index contributed by atoms with van der Waals surface area (Å²) >= 11 is 1.29. The van der Waals surface area contributed by atoms with Gasteiger partial charge < -0.3 is 16.1 Å². The van der Waals surface area contributed by atoms with E-state index in [0.29, 0.717) is 0 Å². The standard InChI is InChI=1S/C23H23F2N5O3S/c24-19-8-6-16(10-20(19)25)23(32)28-12-17(26)13-30(27)22(11-21(31)29-33)34-18-7-5-14-3-1-2-4-15(14)9-18/h1-10,13,22,33H,11-12,26-27H2,(H,28,32)(H,29,31)/b17-13-. The zero-order valence-corrected chi connectivity index (χ0v) is 18.7. The van der Waals surface area contributed by atoms with Crippen LogP contribution in [0.5, 0.6) is 0 Å². The molecular weight excluding hydrogens is 464 g/mol. The number of hydroxylamine groups is 1. The number of hydrogen-bond donors (Lipinski definition) is 5. The molecule has 34 heavy (non-hydrogen) atoms. The van der Waals surface area contributed by atoms with E-state index >= 15 is 0 Å². The van der Waals surface area contributed by atoms with Gasteiger partial charge in [-0.2, -0.15) is 0 Å². The molecule has 0 spiro atoms. The maximum absolute atomic E-state index is 13.3. The number of fused-ring (bicyclic) bond motifs is 1. The Balaban J connectivity index is 1.68. The second-order valence-electron chi connectivity index (χ2n) is 7.28. The van der Waals surface area contributed by atoms with Crippen LogP contribution in [0.2, 0.25) is 0 Å². The Hall–Kier alpha value is -3.67. The first-order valence-corrected chi connectivity index (χ1v) is 11.0. The predicted octanol–water partition coefficient (Wildman–Crippen LogP) is 2.84. The zero-order chi connectivity index (χ0) is 24.7. The molecule has 178 valence electrons. The normalized spacial score (nSPS) is 12.3. The van der Waals surface area contributed by atoms with Gasteiger partial charge in [-0.3, -0.25) is 14.8 Å². The first-order valence-electron chi connectivity index (χ1n) is 10.1. The maximum atomic E-state index is 13.3. The third-order valence-electron chi connectivity index (χ3n) is 4.76. The van der Waals surface area contributed by atoms with E-state index in [1.54, 1.807) is 5.48 Å². The molecule has 0 fully saturated rings. The average molecular weight is 488 g/mol. The number of hydrogen-bond acceptors (Lipinski definition) is 7. The Morgan fingerprint density at radius 2 is 1.79 bits per heavy atom. The van der Waals surface area contributed by atoms with E-state index in [1.807, 2.05) is 42.5 Å². The van der Waals surface area contributed by atoms with Crippen LogP contribution in [0.3, 0.4) is 0 Å². The highest BCUT2D eigenvalue weighted by Crippen LogP contribution is 2.29. The van der Waals surface area contributed by atoms with Crippen molar-refractivity contribution in [3.05, 3.63) is 89.8 Å². The number of thioether (sulfide) groups is 1. The number of carbonyl (C=O) groups is 2. The lowest BCUT2D eigenvalue weighted by Gasteiger charge is -2.26. The van der Waals surface area contributed by atoms with Gasteiger partial charge in [-0.05, 0) is 41.1 Å². The molecule has 7 N–H and O–H groups in total. The molecule has 1 unspecified atom stereocenters. The Kier molecular flexibility index (Phi) is 8.41. The zero-order valence-electron chi connectivity index (χ0n) is 17.9. The first kappa shape index (κ1) is 25.0. The van der Waals surface area contributed by atoms with E-state index < -0.39 is 28.8 Å². The molecule has 0 aliphatic rings.